The van der Waals surface area contributed by atoms with Gasteiger partial charge in [0.2, 0.25) is 10.0 Å². The van der Waals surface area contributed by atoms with Crippen LogP contribution in [0.25, 0.3) is 20.7 Å². The number of hydrogen-bond donors (Lipinski definition) is 1. The fourth-order valence-electron chi connectivity index (χ4n) is 4.58. The molecule has 0 unspecified atom stereocenters. The third-order valence-corrected chi connectivity index (χ3v) is 9.40. The van der Waals surface area contributed by atoms with Gasteiger partial charge in [-0.15, -0.1) is 23.1 Å². The van der Waals surface area contributed by atoms with Gasteiger partial charge in [0.25, 0.3) is 5.56 Å². The Morgan fingerprint density at radius 2 is 1.79 bits per heavy atom. The van der Waals surface area contributed by atoms with Crippen molar-refractivity contribution >= 4 is 49.3 Å². The molecule has 224 valence electrons. The molecule has 0 aliphatic heterocycles. The predicted molar refractivity (Wildman–Crippen MR) is 167 cm³/mol. The monoisotopic (exact) mass is 631 g/mol. The van der Waals surface area contributed by atoms with Crippen molar-refractivity contribution in [2.75, 3.05) is 32.8 Å². The van der Waals surface area contributed by atoms with E-state index in [1.165, 1.54) is 27.7 Å². The van der Waals surface area contributed by atoms with E-state index in [4.69, 9.17) is 9.47 Å². The maximum atomic E-state index is 13.9. The maximum Gasteiger partial charge on any atom is 0.332 e. The highest BCUT2D eigenvalue weighted by molar-refractivity contribution is 7.98. The number of sulfonamides is 1. The number of fused-ring (bicyclic) bond motifs is 1. The molecule has 2 heterocycles. The molecule has 0 aliphatic carbocycles. The highest BCUT2D eigenvalue weighted by Gasteiger charge is 2.25. The molecule has 0 amide bonds. The molecule has 0 saturated heterocycles. The van der Waals surface area contributed by atoms with Gasteiger partial charge < -0.3 is 9.47 Å². The van der Waals surface area contributed by atoms with E-state index in [0.29, 0.717) is 21.9 Å². The van der Waals surface area contributed by atoms with E-state index < -0.39 is 33.8 Å². The molecule has 1 N–H and O–H groups in total. The average Bonchev–Trinajstić information content (AvgIpc) is 3.35. The number of benzene rings is 2. The molecule has 2 aromatic carbocycles. The van der Waals surface area contributed by atoms with Gasteiger partial charge in [0.1, 0.15) is 11.4 Å². The van der Waals surface area contributed by atoms with Gasteiger partial charge in [-0.25, -0.2) is 22.5 Å². The molecule has 13 heteroatoms. The SMILES string of the molecule is CCOC(=O)Cn1c(=O)c2c(CNS(C)(=O)=O)c(-c3ccc(CCOC)cc3)sc2n(Cc2ccccc2SC)c1=O. The summed E-state index contributed by atoms with van der Waals surface area (Å²) < 4.78 is 39.4. The number of carbonyl (C=O) groups is 1. The molecule has 0 bridgehead atoms. The van der Waals surface area contributed by atoms with Crippen molar-refractivity contribution in [1.29, 1.82) is 0 Å². The van der Waals surface area contributed by atoms with Crippen molar-refractivity contribution in [2.24, 2.45) is 0 Å². The van der Waals surface area contributed by atoms with E-state index in [-0.39, 0.29) is 25.1 Å². The lowest BCUT2D eigenvalue weighted by atomic mass is 10.0. The van der Waals surface area contributed by atoms with Crippen molar-refractivity contribution in [3.8, 4) is 10.4 Å². The number of carbonyl (C=O) groups excluding carboxylic acids is 1. The van der Waals surface area contributed by atoms with Crippen molar-refractivity contribution in [2.45, 2.75) is 37.9 Å². The Bertz CT molecular complexity index is 1810. The minimum Gasteiger partial charge on any atom is -0.465 e. The molecule has 0 radical (unpaired) electrons. The van der Waals surface area contributed by atoms with Crippen molar-refractivity contribution < 1.29 is 22.7 Å². The zero-order valence-electron chi connectivity index (χ0n) is 23.8. The van der Waals surface area contributed by atoms with Crippen LogP contribution >= 0.6 is 23.1 Å². The van der Waals surface area contributed by atoms with E-state index in [2.05, 4.69) is 4.72 Å². The molecule has 42 heavy (non-hydrogen) atoms. The topological polar surface area (TPSA) is 126 Å². The van der Waals surface area contributed by atoms with E-state index in [9.17, 15) is 22.8 Å². The summed E-state index contributed by atoms with van der Waals surface area (Å²) in [6.07, 6.45) is 3.70. The van der Waals surface area contributed by atoms with Crippen LogP contribution in [-0.4, -0.2) is 56.4 Å². The number of thioether (sulfide) groups is 1. The number of methoxy groups -OCH3 is 1. The molecular formula is C29H33N3O7S3. The summed E-state index contributed by atoms with van der Waals surface area (Å²) in [5, 5.41) is 0.181. The van der Waals surface area contributed by atoms with Crippen LogP contribution in [0.1, 0.15) is 23.6 Å². The Balaban J connectivity index is 2.02. The molecule has 0 fully saturated rings. The van der Waals surface area contributed by atoms with Gasteiger partial charge in [-0.05, 0) is 42.4 Å². The molecule has 0 saturated carbocycles. The standard InChI is InChI=1S/C29H33N3O7S3/c1-5-39-24(33)18-31-27(34)25-22(16-30-42(4,36)37)26(20-12-10-19(11-13-20)14-15-38-2)41-28(25)32(29(31)35)17-21-8-6-7-9-23(21)40-3/h6-13,30H,5,14-18H2,1-4H3. The number of ether oxygens (including phenoxy) is 2. The number of nitrogens with zero attached hydrogens (tertiary/aromatic N) is 2. The average molecular weight is 632 g/mol. The molecule has 10 nitrogen and oxygen atoms in total. The quantitative estimate of drug-likeness (QED) is 0.176. The van der Waals surface area contributed by atoms with Crippen molar-refractivity contribution in [3.05, 3.63) is 86.1 Å². The van der Waals surface area contributed by atoms with Crippen LogP contribution in [0, 0.1) is 0 Å². The Morgan fingerprint density at radius 3 is 2.43 bits per heavy atom. The number of thiophene rings is 1. The van der Waals surface area contributed by atoms with Gasteiger partial charge in [-0.1, -0.05) is 42.5 Å². The van der Waals surface area contributed by atoms with E-state index in [1.54, 1.807) is 14.0 Å². The van der Waals surface area contributed by atoms with Gasteiger partial charge in [0, 0.05) is 29.0 Å². The number of rotatable bonds is 13. The van der Waals surface area contributed by atoms with Crippen molar-refractivity contribution in [1.82, 2.24) is 13.9 Å². The highest BCUT2D eigenvalue weighted by Crippen LogP contribution is 2.37. The number of nitrogens with one attached hydrogen (secondary N) is 1. The molecule has 0 aliphatic rings. The third kappa shape index (κ3) is 7.21. The Kier molecular flexibility index (Phi) is 10.4. The third-order valence-electron chi connectivity index (χ3n) is 6.59. The lowest BCUT2D eigenvalue weighted by Gasteiger charge is -2.14. The summed E-state index contributed by atoms with van der Waals surface area (Å²) in [6.45, 7) is 1.71. The van der Waals surface area contributed by atoms with E-state index >= 15 is 0 Å². The van der Waals surface area contributed by atoms with Gasteiger partial charge in [-0.2, -0.15) is 0 Å². The zero-order valence-corrected chi connectivity index (χ0v) is 26.3. The normalized spacial score (nSPS) is 11.7. The van der Waals surface area contributed by atoms with Crippen LogP contribution in [0.4, 0.5) is 0 Å². The first-order chi connectivity index (χ1) is 20.1. The summed E-state index contributed by atoms with van der Waals surface area (Å²) >= 11 is 2.78. The predicted octanol–water partition coefficient (Wildman–Crippen LogP) is 3.46. The van der Waals surface area contributed by atoms with E-state index in [0.717, 1.165) is 38.8 Å². The molecule has 2 aromatic heterocycles. The van der Waals surface area contributed by atoms with E-state index in [1.807, 2.05) is 54.8 Å². The second-order valence-electron chi connectivity index (χ2n) is 9.50. The van der Waals surface area contributed by atoms with Crippen molar-refractivity contribution in [3.63, 3.8) is 0 Å². The second kappa shape index (κ2) is 13.8. The molecular weight excluding hydrogens is 599 g/mol. The summed E-state index contributed by atoms with van der Waals surface area (Å²) in [5.41, 5.74) is 1.79. The number of hydrogen-bond acceptors (Lipinski definition) is 9. The Labute approximate surface area is 252 Å². The molecule has 4 rings (SSSR count). The Hall–Kier alpha value is -3.23. The van der Waals surface area contributed by atoms with Crippen LogP contribution < -0.4 is 16.0 Å². The van der Waals surface area contributed by atoms with Crippen LogP contribution in [0.5, 0.6) is 0 Å². The first-order valence-corrected chi connectivity index (χ1v) is 17.1. The fraction of sp³-hybridized carbons (Fsp3) is 0.345. The molecule has 0 atom stereocenters. The molecule has 4 aromatic rings. The number of aromatic nitrogens is 2. The van der Waals surface area contributed by atoms with Gasteiger partial charge in [0.05, 0.1) is 31.4 Å². The Morgan fingerprint density at radius 1 is 1.07 bits per heavy atom. The lowest BCUT2D eigenvalue weighted by Crippen LogP contribution is -2.42. The first kappa shape index (κ1) is 31.7. The van der Waals surface area contributed by atoms with Gasteiger partial charge >= 0.3 is 11.7 Å². The lowest BCUT2D eigenvalue weighted by molar-refractivity contribution is -0.143. The van der Waals surface area contributed by atoms with Crippen LogP contribution in [0.2, 0.25) is 0 Å². The van der Waals surface area contributed by atoms with Gasteiger partial charge in [0.15, 0.2) is 0 Å². The summed E-state index contributed by atoms with van der Waals surface area (Å²) in [4.78, 5) is 42.3. The van der Waals surface area contributed by atoms with Crippen LogP contribution in [0.3, 0.4) is 0 Å². The first-order valence-electron chi connectivity index (χ1n) is 13.2. The van der Waals surface area contributed by atoms with Crippen LogP contribution in [0.15, 0.2) is 63.0 Å². The minimum atomic E-state index is -3.62. The number of esters is 1. The highest BCUT2D eigenvalue weighted by atomic mass is 32.2. The fourth-order valence-corrected chi connectivity index (χ4v) is 6.91. The molecule has 0 spiro atoms. The van der Waals surface area contributed by atoms with Gasteiger partial charge in [-0.3, -0.25) is 14.2 Å². The maximum absolute atomic E-state index is 13.9. The minimum absolute atomic E-state index is 0.0949. The summed E-state index contributed by atoms with van der Waals surface area (Å²) in [5.74, 6) is -0.718. The zero-order chi connectivity index (χ0) is 30.4. The van der Waals surface area contributed by atoms with Crippen LogP contribution in [-0.2, 0) is 50.3 Å². The second-order valence-corrected chi connectivity index (χ2v) is 13.2. The largest absolute Gasteiger partial charge is 0.465 e. The summed E-state index contributed by atoms with van der Waals surface area (Å²) in [7, 11) is -1.99. The smallest absolute Gasteiger partial charge is 0.332 e. The summed E-state index contributed by atoms with van der Waals surface area (Å²) in [6, 6.07) is 15.3.